The number of hydrogen-bond donors (Lipinski definition) is 4. The molecular weight excluding hydrogens is 338 g/mol. The Morgan fingerprint density at radius 1 is 1.31 bits per heavy atom. The number of carbonyl (C=O) groups is 2. The molecule has 26 heavy (non-hydrogen) atoms. The van der Waals surface area contributed by atoms with E-state index in [0.717, 1.165) is 25.2 Å². The summed E-state index contributed by atoms with van der Waals surface area (Å²) in [6.07, 6.45) is 9.50. The number of rotatable bonds is 11. The van der Waals surface area contributed by atoms with Gasteiger partial charge in [-0.1, -0.05) is 50.1 Å². The lowest BCUT2D eigenvalue weighted by atomic mass is 9.84. The third-order valence-electron chi connectivity index (χ3n) is 4.86. The van der Waals surface area contributed by atoms with Crippen molar-refractivity contribution in [3.8, 4) is 0 Å². The van der Waals surface area contributed by atoms with Gasteiger partial charge in [0.2, 0.25) is 17.7 Å². The van der Waals surface area contributed by atoms with Crippen LogP contribution in [0.4, 0.5) is 0 Å². The molecule has 1 heterocycles. The van der Waals surface area contributed by atoms with Crippen LogP contribution in [-0.2, 0) is 16.1 Å². The highest BCUT2D eigenvalue weighted by Gasteiger charge is 2.23. The number of hydrogen-bond acceptors (Lipinski definition) is 7. The van der Waals surface area contributed by atoms with Crippen LogP contribution in [0.25, 0.3) is 0 Å². The molecule has 0 aliphatic heterocycles. The smallest absolute Gasteiger partial charge is 0.244 e. The fourth-order valence-corrected chi connectivity index (χ4v) is 3.51. The molecule has 0 saturated heterocycles. The van der Waals surface area contributed by atoms with Crippen molar-refractivity contribution in [1.82, 2.24) is 20.9 Å². The summed E-state index contributed by atoms with van der Waals surface area (Å²) in [5.41, 5.74) is 6.73. The number of carbonyl (C=O) groups excluding carboxylic acids is 2. The SMILES string of the molecule is NC(=O)CNCc1noc([C@H](CCCC2CCCCC2)CC(=O)NO)n1. The largest absolute Gasteiger partial charge is 0.369 e. The highest BCUT2D eigenvalue weighted by Crippen LogP contribution is 2.31. The normalized spacial score (nSPS) is 16.3. The number of nitrogens with zero attached hydrogens (tertiary/aromatic N) is 2. The molecule has 0 radical (unpaired) electrons. The van der Waals surface area contributed by atoms with Crippen molar-refractivity contribution in [2.24, 2.45) is 11.7 Å². The van der Waals surface area contributed by atoms with Crippen LogP contribution >= 0.6 is 0 Å². The van der Waals surface area contributed by atoms with Gasteiger partial charge in [0.05, 0.1) is 13.1 Å². The van der Waals surface area contributed by atoms with E-state index in [0.29, 0.717) is 11.7 Å². The van der Waals surface area contributed by atoms with Gasteiger partial charge in [0.15, 0.2) is 5.82 Å². The molecule has 1 aromatic heterocycles. The number of amides is 2. The lowest BCUT2D eigenvalue weighted by Crippen LogP contribution is -2.28. The van der Waals surface area contributed by atoms with E-state index in [9.17, 15) is 9.59 Å². The van der Waals surface area contributed by atoms with Gasteiger partial charge in [-0.15, -0.1) is 0 Å². The summed E-state index contributed by atoms with van der Waals surface area (Å²) >= 11 is 0. The van der Waals surface area contributed by atoms with Gasteiger partial charge < -0.3 is 15.6 Å². The quantitative estimate of drug-likeness (QED) is 0.341. The molecule has 0 spiro atoms. The molecule has 9 heteroatoms. The van der Waals surface area contributed by atoms with Crippen molar-refractivity contribution in [3.05, 3.63) is 11.7 Å². The molecule has 0 aromatic carbocycles. The van der Waals surface area contributed by atoms with E-state index in [2.05, 4.69) is 15.5 Å². The highest BCUT2D eigenvalue weighted by molar-refractivity contribution is 5.76. The maximum Gasteiger partial charge on any atom is 0.244 e. The number of nitrogens with one attached hydrogen (secondary N) is 2. The van der Waals surface area contributed by atoms with Gasteiger partial charge in [-0.05, 0) is 12.3 Å². The summed E-state index contributed by atoms with van der Waals surface area (Å²) in [5, 5.41) is 15.5. The van der Waals surface area contributed by atoms with E-state index in [4.69, 9.17) is 15.5 Å². The Balaban J connectivity index is 1.87. The Hall–Kier alpha value is -2.00. The molecule has 1 aliphatic rings. The van der Waals surface area contributed by atoms with Gasteiger partial charge in [-0.3, -0.25) is 14.8 Å². The van der Waals surface area contributed by atoms with Crippen LogP contribution in [0.15, 0.2) is 4.52 Å². The van der Waals surface area contributed by atoms with E-state index >= 15 is 0 Å². The van der Waals surface area contributed by atoms with Crippen LogP contribution in [0.3, 0.4) is 0 Å². The van der Waals surface area contributed by atoms with E-state index < -0.39 is 11.8 Å². The minimum Gasteiger partial charge on any atom is -0.369 e. The molecule has 9 nitrogen and oxygen atoms in total. The maximum atomic E-state index is 11.6. The second-order valence-electron chi connectivity index (χ2n) is 6.99. The monoisotopic (exact) mass is 367 g/mol. The topological polar surface area (TPSA) is 143 Å². The van der Waals surface area contributed by atoms with Gasteiger partial charge in [-0.25, -0.2) is 5.48 Å². The van der Waals surface area contributed by atoms with Gasteiger partial charge in [-0.2, -0.15) is 4.98 Å². The molecular formula is C17H29N5O4. The lowest BCUT2D eigenvalue weighted by molar-refractivity contribution is -0.129. The molecule has 1 aliphatic carbocycles. The molecule has 1 saturated carbocycles. The van der Waals surface area contributed by atoms with Crippen molar-refractivity contribution < 1.29 is 19.3 Å². The van der Waals surface area contributed by atoms with Crippen molar-refractivity contribution in [3.63, 3.8) is 0 Å². The first-order valence-electron chi connectivity index (χ1n) is 9.33. The zero-order valence-electron chi connectivity index (χ0n) is 15.1. The van der Waals surface area contributed by atoms with Crippen molar-refractivity contribution >= 4 is 11.8 Å². The molecule has 5 N–H and O–H groups in total. The minimum atomic E-state index is -0.473. The van der Waals surface area contributed by atoms with Gasteiger partial charge >= 0.3 is 0 Å². The Morgan fingerprint density at radius 2 is 2.08 bits per heavy atom. The second kappa shape index (κ2) is 10.9. The molecule has 1 atom stereocenters. The van der Waals surface area contributed by atoms with E-state index in [1.165, 1.54) is 32.1 Å². The molecule has 0 bridgehead atoms. The zero-order valence-corrected chi connectivity index (χ0v) is 15.1. The van der Waals surface area contributed by atoms with E-state index in [-0.39, 0.29) is 25.4 Å². The van der Waals surface area contributed by atoms with Crippen molar-refractivity contribution in [1.29, 1.82) is 0 Å². The van der Waals surface area contributed by atoms with Crippen LogP contribution < -0.4 is 16.5 Å². The molecule has 1 aromatic rings. The van der Waals surface area contributed by atoms with E-state index in [1.807, 2.05) is 0 Å². The standard InChI is InChI=1S/C17H29N5O4/c18-14(23)10-19-11-15-20-17(26-22-15)13(9-16(24)21-25)8-4-7-12-5-2-1-3-6-12/h12-13,19,25H,1-11H2,(H2,18,23)(H,21,24)/t13-/m1/s1. The average Bonchev–Trinajstić information content (AvgIpc) is 3.10. The van der Waals surface area contributed by atoms with Crippen LogP contribution in [0.1, 0.15) is 75.4 Å². The summed E-state index contributed by atoms with van der Waals surface area (Å²) in [4.78, 5) is 26.6. The third-order valence-corrected chi connectivity index (χ3v) is 4.86. The first-order valence-corrected chi connectivity index (χ1v) is 9.33. The molecule has 2 rings (SSSR count). The van der Waals surface area contributed by atoms with E-state index in [1.54, 1.807) is 5.48 Å². The second-order valence-corrected chi connectivity index (χ2v) is 6.99. The number of nitrogens with two attached hydrogens (primary N) is 1. The summed E-state index contributed by atoms with van der Waals surface area (Å²) in [5.74, 6) is 0.389. The number of hydroxylamine groups is 1. The first-order chi connectivity index (χ1) is 12.6. The molecule has 0 unspecified atom stereocenters. The maximum absolute atomic E-state index is 11.6. The Bertz CT molecular complexity index is 571. The zero-order chi connectivity index (χ0) is 18.8. The third kappa shape index (κ3) is 7.09. The summed E-state index contributed by atoms with van der Waals surface area (Å²) < 4.78 is 5.29. The summed E-state index contributed by atoms with van der Waals surface area (Å²) in [6.45, 7) is 0.287. The van der Waals surface area contributed by atoms with Crippen molar-refractivity contribution in [2.45, 2.75) is 70.3 Å². The molecule has 2 amide bonds. The predicted octanol–water partition coefficient (Wildman–Crippen LogP) is 1.37. The fourth-order valence-electron chi connectivity index (χ4n) is 3.51. The summed E-state index contributed by atoms with van der Waals surface area (Å²) in [6, 6.07) is 0. The minimum absolute atomic E-state index is 0.0294. The van der Waals surface area contributed by atoms with Crippen LogP contribution in [0, 0.1) is 5.92 Å². The predicted molar refractivity (Wildman–Crippen MR) is 92.9 cm³/mol. The Kier molecular flexibility index (Phi) is 8.49. The van der Waals surface area contributed by atoms with Gasteiger partial charge in [0.1, 0.15) is 0 Å². The average molecular weight is 367 g/mol. The molecule has 146 valence electrons. The van der Waals surface area contributed by atoms with Crippen molar-refractivity contribution in [2.75, 3.05) is 6.54 Å². The van der Waals surface area contributed by atoms with Gasteiger partial charge in [0, 0.05) is 12.3 Å². The van der Waals surface area contributed by atoms with Crippen LogP contribution in [0.5, 0.6) is 0 Å². The Labute approximate surface area is 153 Å². The number of primary amides is 1. The van der Waals surface area contributed by atoms with Crippen LogP contribution in [0.2, 0.25) is 0 Å². The van der Waals surface area contributed by atoms with Crippen LogP contribution in [-0.4, -0.2) is 33.7 Å². The first kappa shape index (κ1) is 20.3. The lowest BCUT2D eigenvalue weighted by Gasteiger charge is -2.22. The number of aromatic nitrogens is 2. The summed E-state index contributed by atoms with van der Waals surface area (Å²) in [7, 11) is 0. The van der Waals surface area contributed by atoms with Gasteiger partial charge in [0.25, 0.3) is 0 Å². The fraction of sp³-hybridized carbons (Fsp3) is 0.765. The highest BCUT2D eigenvalue weighted by atomic mass is 16.5. The Morgan fingerprint density at radius 3 is 2.77 bits per heavy atom. The molecule has 1 fully saturated rings.